The first kappa shape index (κ1) is 62.8. The molecule has 2 aromatic heterocycles. The third-order valence-corrected chi connectivity index (χ3v) is 20.4. The molecule has 7 aliphatic rings. The molecule has 4 fully saturated rings. The molecule has 2 aromatic carbocycles. The number of aryl methyl sites for hydroxylation is 4. The number of sulfonamides is 1. The molecule has 2 aliphatic carbocycles. The lowest BCUT2D eigenvalue weighted by Gasteiger charge is -2.36. The number of likely N-dealkylation sites (tertiary alicyclic amines) is 1. The summed E-state index contributed by atoms with van der Waals surface area (Å²) < 4.78 is 68.3. The fourth-order valence-corrected chi connectivity index (χ4v) is 14.4. The molecule has 11 rings (SSSR count). The molecule has 2 saturated heterocycles. The lowest BCUT2D eigenvalue weighted by atomic mass is 9.87. The van der Waals surface area contributed by atoms with E-state index in [9.17, 15) is 37.2 Å². The number of carbonyl (C=O) groups excluding carboxylic acids is 6. The Morgan fingerprint density at radius 1 is 0.759 bits per heavy atom. The van der Waals surface area contributed by atoms with E-state index in [0.29, 0.717) is 74.3 Å². The van der Waals surface area contributed by atoms with Crippen LogP contribution in [0, 0.1) is 25.7 Å². The van der Waals surface area contributed by atoms with Crippen molar-refractivity contribution in [2.75, 3.05) is 34.4 Å². The first-order valence-corrected chi connectivity index (χ1v) is 31.9. The van der Waals surface area contributed by atoms with Gasteiger partial charge in [0, 0.05) is 46.6 Å². The molecule has 0 unspecified atom stereocenters. The number of fused-ring (bicyclic) bond motifs is 8. The Balaban J connectivity index is 0.000000222. The number of nitrogens with one attached hydrogen (secondary N) is 2. The molecule has 7 heterocycles. The van der Waals surface area contributed by atoms with Gasteiger partial charge in [-0.1, -0.05) is 25.0 Å². The zero-order valence-corrected chi connectivity index (χ0v) is 53.1. The average molecular weight is 1220 g/mol. The molecule has 4 aromatic rings. The minimum Gasteiger partial charge on any atom is -0.497 e. The number of hydrogen-bond acceptors (Lipinski definition) is 17. The van der Waals surface area contributed by atoms with Gasteiger partial charge < -0.3 is 43.4 Å². The smallest absolute Gasteiger partial charge is 0.411 e. The Morgan fingerprint density at radius 2 is 1.33 bits per heavy atom. The molecular formula is C65H84N6O15S. The molecule has 7 atom stereocenters. The third kappa shape index (κ3) is 12.9. The molecule has 4 amide bonds. The third-order valence-electron chi connectivity index (χ3n) is 18.2. The maximum Gasteiger partial charge on any atom is 0.411 e. The van der Waals surface area contributed by atoms with Crippen LogP contribution in [0.5, 0.6) is 23.0 Å². The van der Waals surface area contributed by atoms with Gasteiger partial charge in [-0.2, -0.15) is 0 Å². The second-order valence-electron chi connectivity index (χ2n) is 27.1. The van der Waals surface area contributed by atoms with Crippen LogP contribution in [0.1, 0.15) is 154 Å². The normalized spacial score (nSPS) is 27.0. The Labute approximate surface area is 509 Å². The zero-order valence-electron chi connectivity index (χ0n) is 52.3. The van der Waals surface area contributed by atoms with Crippen LogP contribution >= 0.6 is 0 Å². The highest BCUT2D eigenvalue weighted by molar-refractivity contribution is 7.91. The molecule has 2 saturated carbocycles. The molecule has 2 spiro atoms. The summed E-state index contributed by atoms with van der Waals surface area (Å²) in [5.41, 5.74) is 0.625. The van der Waals surface area contributed by atoms with Crippen LogP contribution in [-0.2, 0) is 61.0 Å². The highest BCUT2D eigenvalue weighted by atomic mass is 32.2. The van der Waals surface area contributed by atoms with E-state index in [1.807, 2.05) is 62.4 Å². The van der Waals surface area contributed by atoms with E-state index in [2.05, 4.69) is 10.0 Å². The molecule has 0 radical (unpaired) electrons. The van der Waals surface area contributed by atoms with E-state index in [4.69, 9.17) is 43.1 Å². The second-order valence-corrected chi connectivity index (χ2v) is 29.3. The van der Waals surface area contributed by atoms with Gasteiger partial charge in [0.1, 0.15) is 63.0 Å². The average Bonchev–Trinajstić information content (AvgIpc) is 1.67. The van der Waals surface area contributed by atoms with Crippen LogP contribution in [0.3, 0.4) is 0 Å². The number of carbonyl (C=O) groups is 6. The van der Waals surface area contributed by atoms with E-state index in [1.165, 1.54) is 16.9 Å². The summed E-state index contributed by atoms with van der Waals surface area (Å²) in [6.07, 6.45) is 10.8. The summed E-state index contributed by atoms with van der Waals surface area (Å²) in [6.45, 7) is 16.5. The van der Waals surface area contributed by atoms with Crippen LogP contribution in [-0.4, -0.2) is 143 Å². The van der Waals surface area contributed by atoms with Crippen LogP contribution in [0.15, 0.2) is 48.6 Å². The fraction of sp³-hybridized carbons (Fsp3) is 0.600. The minimum atomic E-state index is -3.98. The van der Waals surface area contributed by atoms with Crippen molar-refractivity contribution in [1.29, 1.82) is 0 Å². The second kappa shape index (κ2) is 23.4. The minimum absolute atomic E-state index is 0.0824. The molecule has 0 bridgehead atoms. The predicted molar refractivity (Wildman–Crippen MR) is 323 cm³/mol. The largest absolute Gasteiger partial charge is 0.497 e. The first-order chi connectivity index (χ1) is 40.9. The first-order valence-electron chi connectivity index (χ1n) is 30.4. The summed E-state index contributed by atoms with van der Waals surface area (Å²) >= 11 is 0. The molecule has 5 aliphatic heterocycles. The molecule has 22 heteroatoms. The monoisotopic (exact) mass is 1220 g/mol. The Morgan fingerprint density at radius 3 is 1.87 bits per heavy atom. The SMILES string of the molecule is COC(=O)[C@@H]1C[C@]2(CCc3c(c(C)nc4ccc(OC)cc34)O2)CN1C(=O)OC(C)(C)C.COc1ccc2nc(C)c3c(c2c1)CC[C@]1(C[C@H]2C(=O)N[C@]4(C(=O)NS(=O)(=O)C5(C)CC5)C[C@H]4/C=C\CCCCC[C@H](CC(=O)OC(C)(C)C)C(=O)N2C1)O3. The van der Waals surface area contributed by atoms with Crippen molar-refractivity contribution in [3.05, 3.63) is 71.1 Å². The van der Waals surface area contributed by atoms with Crippen molar-refractivity contribution in [2.45, 2.75) is 203 Å². The molecular weight excluding hydrogens is 1140 g/mol. The topological polar surface area (TPSA) is 257 Å². The molecule has 470 valence electrons. The van der Waals surface area contributed by atoms with Crippen LogP contribution in [0.25, 0.3) is 21.8 Å². The Bertz CT molecular complexity index is 3570. The number of hydrogen-bond donors (Lipinski definition) is 2. The quantitative estimate of drug-likeness (QED) is 0.0949. The summed E-state index contributed by atoms with van der Waals surface area (Å²) in [6, 6.07) is 9.71. The van der Waals surface area contributed by atoms with E-state index in [-0.39, 0.29) is 38.3 Å². The van der Waals surface area contributed by atoms with E-state index >= 15 is 0 Å². The van der Waals surface area contributed by atoms with Gasteiger partial charge in [-0.3, -0.25) is 28.8 Å². The van der Waals surface area contributed by atoms with E-state index in [1.54, 1.807) is 62.7 Å². The molecule has 21 nitrogen and oxygen atoms in total. The highest BCUT2D eigenvalue weighted by Gasteiger charge is 2.64. The molecule has 87 heavy (non-hydrogen) atoms. The Kier molecular flexibility index (Phi) is 16.9. The zero-order chi connectivity index (χ0) is 62.8. The lowest BCUT2D eigenvalue weighted by molar-refractivity contribution is -0.159. The van der Waals surface area contributed by atoms with Gasteiger partial charge >= 0.3 is 18.0 Å². The van der Waals surface area contributed by atoms with E-state index in [0.717, 1.165) is 70.1 Å². The predicted octanol–water partition coefficient (Wildman–Crippen LogP) is 8.76. The summed E-state index contributed by atoms with van der Waals surface area (Å²) in [7, 11) is 0.590. The van der Waals surface area contributed by atoms with Gasteiger partial charge in [-0.05, 0) is 163 Å². The number of aromatic nitrogens is 2. The number of esters is 2. The number of methoxy groups -OCH3 is 3. The number of benzene rings is 2. The van der Waals surface area contributed by atoms with Gasteiger partial charge in [-0.15, -0.1) is 0 Å². The number of nitrogens with zero attached hydrogens (tertiary/aromatic N) is 4. The highest BCUT2D eigenvalue weighted by Crippen LogP contribution is 2.50. The van der Waals surface area contributed by atoms with Gasteiger partial charge in [-0.25, -0.2) is 28.0 Å². The van der Waals surface area contributed by atoms with Crippen LogP contribution < -0.4 is 29.0 Å². The number of ether oxygens (including phenoxy) is 7. The standard InChI is InChI=1S/C41H54N4O9S.C24H30N2O6/c1-25-34-29(30-21-28(52-6)14-15-31(30)42-25)16-17-40(54-34)23-32-35(47)43-41(37(49)44-55(50,51)39(5)18-19-39)22-27(41)13-11-9-7-8-10-12-26(36(48)45(32)24-40)20-33(46)53-38(2,3)4;1-14-20-16(17-11-15(29-5)7-8-18(17)25-14)9-10-24(31-20)12-19(21(27)30-6)26(13-24)22(28)32-23(2,3)4/h11,13-15,21,26-27,32H,7-10,12,16-20,22-24H2,1-6H3,(H,43,47)(H,44,49);7-8,11,19H,9-10,12-13H2,1-6H3/b13-11-;/t26-,27-,32+,40-,41-;19-,24+/m10/s1. The van der Waals surface area contributed by atoms with Crippen LogP contribution in [0.2, 0.25) is 0 Å². The fourth-order valence-electron chi connectivity index (χ4n) is 13.1. The summed E-state index contributed by atoms with van der Waals surface area (Å²) in [5, 5.41) is 4.86. The van der Waals surface area contributed by atoms with Crippen molar-refractivity contribution in [3.63, 3.8) is 0 Å². The number of pyridine rings is 2. The van der Waals surface area contributed by atoms with E-state index < -0.39 is 96.5 Å². The number of rotatable bonds is 8. The maximum atomic E-state index is 14.8. The van der Waals surface area contributed by atoms with Crippen molar-refractivity contribution >= 4 is 67.6 Å². The van der Waals surface area contributed by atoms with Gasteiger partial charge in [0.05, 0.1) is 68.0 Å². The summed E-state index contributed by atoms with van der Waals surface area (Å²) in [4.78, 5) is 94.5. The van der Waals surface area contributed by atoms with Gasteiger partial charge in [0.15, 0.2) is 0 Å². The van der Waals surface area contributed by atoms with Crippen molar-refractivity contribution in [1.82, 2.24) is 29.8 Å². The van der Waals surface area contributed by atoms with Crippen LogP contribution in [0.4, 0.5) is 4.79 Å². The Hall–Kier alpha value is -7.23. The summed E-state index contributed by atoms with van der Waals surface area (Å²) in [5.74, 6) is -1.04. The van der Waals surface area contributed by atoms with Crippen molar-refractivity contribution < 1.29 is 70.3 Å². The number of allylic oxidation sites excluding steroid dienone is 1. The lowest BCUT2D eigenvalue weighted by Crippen LogP contribution is -2.57. The maximum absolute atomic E-state index is 14.8. The van der Waals surface area contributed by atoms with Gasteiger partial charge in [0.25, 0.3) is 5.91 Å². The molecule has 2 N–H and O–H groups in total. The number of amides is 4. The van der Waals surface area contributed by atoms with Crippen molar-refractivity contribution in [2.24, 2.45) is 11.8 Å². The van der Waals surface area contributed by atoms with Crippen molar-refractivity contribution in [3.8, 4) is 23.0 Å². The van der Waals surface area contributed by atoms with Gasteiger partial charge in [0.2, 0.25) is 21.8 Å².